The van der Waals surface area contributed by atoms with Crippen LogP contribution in [0.5, 0.6) is 5.75 Å². The molecule has 5 nitrogen and oxygen atoms in total. The molecule has 0 spiro atoms. The zero-order valence-electron chi connectivity index (χ0n) is 16.0. The fourth-order valence-corrected chi connectivity index (χ4v) is 3.79. The van der Waals surface area contributed by atoms with E-state index in [2.05, 4.69) is 37.3 Å². The third-order valence-corrected chi connectivity index (χ3v) is 5.27. The van der Waals surface area contributed by atoms with Gasteiger partial charge in [0.2, 0.25) is 10.0 Å². The van der Waals surface area contributed by atoms with Crippen LogP contribution < -0.4 is 9.46 Å². The predicted octanol–water partition coefficient (Wildman–Crippen LogP) is 3.18. The van der Waals surface area contributed by atoms with E-state index in [9.17, 15) is 8.42 Å². The van der Waals surface area contributed by atoms with Crippen molar-refractivity contribution >= 4 is 10.0 Å². The summed E-state index contributed by atoms with van der Waals surface area (Å²) in [5.41, 5.74) is 0.817. The first-order chi connectivity index (χ1) is 11.0. The summed E-state index contributed by atoms with van der Waals surface area (Å²) in [5, 5.41) is 0. The molecule has 0 radical (unpaired) electrons. The highest BCUT2D eigenvalue weighted by Crippen LogP contribution is 2.22. The molecule has 0 saturated carbocycles. The van der Waals surface area contributed by atoms with Gasteiger partial charge < -0.3 is 4.74 Å². The average Bonchev–Trinajstić information content (AvgIpc) is 2.44. The van der Waals surface area contributed by atoms with Crippen molar-refractivity contribution in [3.05, 3.63) is 23.8 Å². The molecule has 1 aromatic rings. The van der Waals surface area contributed by atoms with E-state index in [0.717, 1.165) is 11.3 Å². The van der Waals surface area contributed by atoms with E-state index >= 15 is 0 Å². The van der Waals surface area contributed by atoms with Gasteiger partial charge in [-0.3, -0.25) is 4.90 Å². The van der Waals surface area contributed by atoms with Crippen molar-refractivity contribution in [2.45, 2.75) is 71.5 Å². The second kappa shape index (κ2) is 8.83. The summed E-state index contributed by atoms with van der Waals surface area (Å²) >= 11 is 0. The van der Waals surface area contributed by atoms with Crippen molar-refractivity contribution in [2.24, 2.45) is 0 Å². The molecule has 1 aromatic carbocycles. The summed E-state index contributed by atoms with van der Waals surface area (Å²) in [7, 11) is -3.51. The van der Waals surface area contributed by atoms with Crippen molar-refractivity contribution in [1.82, 2.24) is 9.62 Å². The molecular formula is C18H32N2O3S. The molecule has 0 unspecified atom stereocenters. The second-order valence-electron chi connectivity index (χ2n) is 6.92. The van der Waals surface area contributed by atoms with Gasteiger partial charge in [0.25, 0.3) is 0 Å². The molecule has 24 heavy (non-hydrogen) atoms. The minimum Gasteiger partial charge on any atom is -0.491 e. The van der Waals surface area contributed by atoms with Gasteiger partial charge in [0.05, 0.1) is 11.0 Å². The lowest BCUT2D eigenvalue weighted by atomic mass is 10.2. The van der Waals surface area contributed by atoms with Crippen molar-refractivity contribution in [3.8, 4) is 5.75 Å². The van der Waals surface area contributed by atoms with Crippen LogP contribution in [-0.2, 0) is 10.0 Å². The Hall–Kier alpha value is -1.11. The highest BCUT2D eigenvalue weighted by Gasteiger charge is 2.18. The maximum atomic E-state index is 12.5. The molecule has 0 saturated heterocycles. The van der Waals surface area contributed by atoms with Gasteiger partial charge in [0.1, 0.15) is 5.75 Å². The monoisotopic (exact) mass is 356 g/mol. The Labute approximate surface area is 147 Å². The number of nitrogens with zero attached hydrogens (tertiary/aromatic N) is 1. The Balaban J connectivity index is 2.77. The van der Waals surface area contributed by atoms with E-state index in [1.807, 2.05) is 20.8 Å². The van der Waals surface area contributed by atoms with Crippen LogP contribution in [0.2, 0.25) is 0 Å². The van der Waals surface area contributed by atoms with Gasteiger partial charge in [0, 0.05) is 25.2 Å². The first kappa shape index (κ1) is 20.9. The highest BCUT2D eigenvalue weighted by molar-refractivity contribution is 7.89. The van der Waals surface area contributed by atoms with Crippen LogP contribution >= 0.6 is 0 Å². The fraction of sp³-hybridized carbons (Fsp3) is 0.667. The number of aryl methyl sites for hydroxylation is 1. The van der Waals surface area contributed by atoms with Crippen molar-refractivity contribution in [3.63, 3.8) is 0 Å². The lowest BCUT2D eigenvalue weighted by Crippen LogP contribution is -2.42. The largest absolute Gasteiger partial charge is 0.491 e. The third kappa shape index (κ3) is 6.07. The normalized spacial score (nSPS) is 12.6. The number of ether oxygens (including phenoxy) is 1. The van der Waals surface area contributed by atoms with E-state index in [-0.39, 0.29) is 11.0 Å². The minimum absolute atomic E-state index is 0.0577. The molecule has 138 valence electrons. The number of benzene rings is 1. The predicted molar refractivity (Wildman–Crippen MR) is 99.1 cm³/mol. The van der Waals surface area contributed by atoms with Crippen LogP contribution in [0.4, 0.5) is 0 Å². The molecule has 0 amide bonds. The Morgan fingerprint density at radius 2 is 1.67 bits per heavy atom. The maximum absolute atomic E-state index is 12.5. The average molecular weight is 357 g/mol. The van der Waals surface area contributed by atoms with E-state index in [4.69, 9.17) is 4.74 Å². The van der Waals surface area contributed by atoms with Gasteiger partial charge in [-0.15, -0.1) is 0 Å². The molecule has 1 rings (SSSR count). The number of hydrogen-bond acceptors (Lipinski definition) is 4. The van der Waals surface area contributed by atoms with Crippen molar-refractivity contribution in [2.75, 3.05) is 13.1 Å². The van der Waals surface area contributed by atoms with Crippen LogP contribution in [0.3, 0.4) is 0 Å². The quantitative estimate of drug-likeness (QED) is 0.738. The van der Waals surface area contributed by atoms with E-state index in [1.165, 1.54) is 0 Å². The minimum atomic E-state index is -3.51. The number of rotatable bonds is 9. The SMILES string of the molecule is Cc1cc(S(=O)(=O)NCCN(C(C)C)C(C)C)ccc1OC(C)C. The molecule has 1 N–H and O–H groups in total. The zero-order chi connectivity index (χ0) is 18.5. The second-order valence-corrected chi connectivity index (χ2v) is 8.68. The fourth-order valence-electron chi connectivity index (χ4n) is 2.68. The summed E-state index contributed by atoms with van der Waals surface area (Å²) in [4.78, 5) is 2.53. The first-order valence-electron chi connectivity index (χ1n) is 8.57. The standard InChI is InChI=1S/C18H32N2O3S/c1-13(2)20(14(3)4)11-10-19-24(21,22)17-8-9-18(16(7)12-17)23-15(5)6/h8-9,12-15,19H,10-11H2,1-7H3. The lowest BCUT2D eigenvalue weighted by Gasteiger charge is -2.30. The van der Waals surface area contributed by atoms with E-state index in [0.29, 0.717) is 25.2 Å². The van der Waals surface area contributed by atoms with Crippen LogP contribution in [-0.4, -0.2) is 44.6 Å². The molecule has 0 heterocycles. The summed E-state index contributed by atoms with van der Waals surface area (Å²) in [6, 6.07) is 5.73. The Kier molecular flexibility index (Phi) is 7.70. The molecule has 0 aliphatic rings. The Morgan fingerprint density at radius 1 is 1.08 bits per heavy atom. The zero-order valence-corrected chi connectivity index (χ0v) is 16.8. The summed E-state index contributed by atoms with van der Waals surface area (Å²) in [5.74, 6) is 0.717. The summed E-state index contributed by atoms with van der Waals surface area (Å²) < 4.78 is 33.3. The summed E-state index contributed by atoms with van der Waals surface area (Å²) in [6.45, 7) is 15.3. The van der Waals surface area contributed by atoms with Gasteiger partial charge in [-0.05, 0) is 72.2 Å². The molecule has 6 heteroatoms. The lowest BCUT2D eigenvalue weighted by molar-refractivity contribution is 0.179. The van der Waals surface area contributed by atoms with E-state index < -0.39 is 10.0 Å². The van der Waals surface area contributed by atoms with Gasteiger partial charge in [0.15, 0.2) is 0 Å². The number of nitrogens with one attached hydrogen (secondary N) is 1. The molecule has 0 bridgehead atoms. The number of sulfonamides is 1. The molecule has 0 aliphatic carbocycles. The van der Waals surface area contributed by atoms with E-state index in [1.54, 1.807) is 18.2 Å². The Morgan fingerprint density at radius 3 is 2.12 bits per heavy atom. The first-order valence-corrected chi connectivity index (χ1v) is 10.1. The molecular weight excluding hydrogens is 324 g/mol. The Bertz CT molecular complexity index is 617. The topological polar surface area (TPSA) is 58.6 Å². The van der Waals surface area contributed by atoms with Crippen LogP contribution in [0.15, 0.2) is 23.1 Å². The van der Waals surface area contributed by atoms with Gasteiger partial charge >= 0.3 is 0 Å². The van der Waals surface area contributed by atoms with Gasteiger partial charge in [-0.1, -0.05) is 0 Å². The third-order valence-electron chi connectivity index (χ3n) is 3.81. The number of hydrogen-bond donors (Lipinski definition) is 1. The highest BCUT2D eigenvalue weighted by atomic mass is 32.2. The van der Waals surface area contributed by atoms with Crippen LogP contribution in [0, 0.1) is 6.92 Å². The van der Waals surface area contributed by atoms with Crippen molar-refractivity contribution in [1.29, 1.82) is 0 Å². The van der Waals surface area contributed by atoms with Crippen molar-refractivity contribution < 1.29 is 13.2 Å². The van der Waals surface area contributed by atoms with Crippen LogP contribution in [0.1, 0.15) is 47.1 Å². The summed E-state index contributed by atoms with van der Waals surface area (Å²) in [6.07, 6.45) is 0.0577. The molecule has 0 atom stereocenters. The molecule has 0 fully saturated rings. The molecule has 0 aliphatic heterocycles. The smallest absolute Gasteiger partial charge is 0.240 e. The van der Waals surface area contributed by atoms with Crippen LogP contribution in [0.25, 0.3) is 0 Å². The van der Waals surface area contributed by atoms with Gasteiger partial charge in [-0.25, -0.2) is 13.1 Å². The maximum Gasteiger partial charge on any atom is 0.240 e. The molecule has 0 aromatic heterocycles. The van der Waals surface area contributed by atoms with Gasteiger partial charge in [-0.2, -0.15) is 0 Å².